The van der Waals surface area contributed by atoms with Gasteiger partial charge in [0.05, 0.1) is 0 Å². The zero-order valence-electron chi connectivity index (χ0n) is 13.0. The Balaban J connectivity index is 2.05. The maximum absolute atomic E-state index is 12.0. The first kappa shape index (κ1) is 15.2. The Labute approximate surface area is 130 Å². The summed E-state index contributed by atoms with van der Waals surface area (Å²) in [7, 11) is 0. The molecular weight excluding hydrogens is 280 g/mol. The van der Waals surface area contributed by atoms with Gasteiger partial charge in [-0.05, 0) is 37.4 Å². The van der Waals surface area contributed by atoms with Crippen LogP contribution in [-0.2, 0) is 11.2 Å². The van der Waals surface area contributed by atoms with E-state index in [9.17, 15) is 14.9 Å². The number of piperidine rings is 1. The highest BCUT2D eigenvalue weighted by Crippen LogP contribution is 2.47. The molecule has 0 saturated carbocycles. The van der Waals surface area contributed by atoms with Gasteiger partial charge in [-0.3, -0.25) is 15.0 Å². The molecule has 1 fully saturated rings. The number of Topliss-reactive ketones (excluding diaryl/α,β-unsaturated/α-hetero) is 1. The number of ketones is 1. The number of rotatable bonds is 4. The van der Waals surface area contributed by atoms with Crippen LogP contribution in [0, 0.1) is 10.1 Å². The number of hydrogen-bond donors (Lipinski definition) is 0. The van der Waals surface area contributed by atoms with Crippen LogP contribution in [0.3, 0.4) is 0 Å². The largest absolute Gasteiger partial charge is 0.300 e. The molecule has 2 heterocycles. The Morgan fingerprint density at radius 2 is 2.18 bits per heavy atom. The summed E-state index contributed by atoms with van der Waals surface area (Å²) in [5, 5.41) is 12.0. The Morgan fingerprint density at radius 1 is 1.41 bits per heavy atom. The van der Waals surface area contributed by atoms with E-state index in [-0.39, 0.29) is 23.2 Å². The van der Waals surface area contributed by atoms with Gasteiger partial charge in [-0.2, -0.15) is 0 Å². The van der Waals surface area contributed by atoms with Crippen molar-refractivity contribution in [2.75, 3.05) is 13.1 Å². The van der Waals surface area contributed by atoms with Crippen molar-refractivity contribution in [3.05, 3.63) is 45.5 Å². The first-order valence-corrected chi connectivity index (χ1v) is 8.00. The van der Waals surface area contributed by atoms with Crippen LogP contribution < -0.4 is 0 Å². The van der Waals surface area contributed by atoms with Crippen LogP contribution in [0.4, 0.5) is 0 Å². The number of carbonyl (C=O) groups excluding carboxylic acids is 1. The molecule has 5 heteroatoms. The molecule has 0 amide bonds. The first-order chi connectivity index (χ1) is 10.5. The van der Waals surface area contributed by atoms with Crippen LogP contribution in [0.25, 0.3) is 0 Å². The summed E-state index contributed by atoms with van der Waals surface area (Å²) in [6.07, 6.45) is 2.96. The van der Waals surface area contributed by atoms with Crippen molar-refractivity contribution >= 4 is 5.78 Å². The molecule has 118 valence electrons. The average molecular weight is 302 g/mol. The van der Waals surface area contributed by atoms with Crippen LogP contribution in [0.2, 0.25) is 0 Å². The normalized spacial score (nSPS) is 27.8. The van der Waals surface area contributed by atoms with Gasteiger partial charge in [0.25, 0.3) is 0 Å². The van der Waals surface area contributed by atoms with E-state index in [0.717, 1.165) is 31.5 Å². The molecular formula is C17H22N2O3. The molecule has 0 bridgehead atoms. The molecule has 3 rings (SSSR count). The Kier molecular flexibility index (Phi) is 4.00. The Hall–Kier alpha value is -1.75. The number of benzene rings is 1. The SMILES string of the molecule is CC(=O)CC[C@@]1([N+](=O)[O-])CCCN2CCc3ccccc3[C@@H]21. The second kappa shape index (κ2) is 5.80. The zero-order chi connectivity index (χ0) is 15.7. The van der Waals surface area contributed by atoms with E-state index in [1.165, 1.54) is 12.5 Å². The second-order valence-corrected chi connectivity index (χ2v) is 6.55. The van der Waals surface area contributed by atoms with Gasteiger partial charge in [-0.1, -0.05) is 24.3 Å². The van der Waals surface area contributed by atoms with Crippen molar-refractivity contribution in [1.82, 2.24) is 4.90 Å². The third-order valence-electron chi connectivity index (χ3n) is 5.22. The Morgan fingerprint density at radius 3 is 2.91 bits per heavy atom. The minimum atomic E-state index is -1.03. The molecule has 0 spiro atoms. The highest BCUT2D eigenvalue weighted by atomic mass is 16.6. The van der Waals surface area contributed by atoms with Crippen LogP contribution in [0.15, 0.2) is 24.3 Å². The molecule has 2 atom stereocenters. The van der Waals surface area contributed by atoms with E-state index in [1.54, 1.807) is 0 Å². The third kappa shape index (κ3) is 2.43. The van der Waals surface area contributed by atoms with Crippen molar-refractivity contribution in [3.8, 4) is 0 Å². The highest BCUT2D eigenvalue weighted by Gasteiger charge is 2.56. The van der Waals surface area contributed by atoms with Crippen molar-refractivity contribution in [2.45, 2.75) is 50.6 Å². The lowest BCUT2D eigenvalue weighted by Crippen LogP contribution is -2.57. The summed E-state index contributed by atoms with van der Waals surface area (Å²) in [5.74, 6) is 0.0300. The predicted molar refractivity (Wildman–Crippen MR) is 83.3 cm³/mol. The number of hydrogen-bond acceptors (Lipinski definition) is 4. The summed E-state index contributed by atoms with van der Waals surface area (Å²) >= 11 is 0. The monoisotopic (exact) mass is 302 g/mol. The number of nitrogens with zero attached hydrogens (tertiary/aromatic N) is 2. The third-order valence-corrected chi connectivity index (χ3v) is 5.22. The summed E-state index contributed by atoms with van der Waals surface area (Å²) in [4.78, 5) is 25.6. The fraction of sp³-hybridized carbons (Fsp3) is 0.588. The van der Waals surface area contributed by atoms with Gasteiger partial charge in [0.1, 0.15) is 11.8 Å². The molecule has 1 aromatic carbocycles. The van der Waals surface area contributed by atoms with Gasteiger partial charge in [0.15, 0.2) is 0 Å². The highest BCUT2D eigenvalue weighted by molar-refractivity contribution is 5.75. The molecule has 22 heavy (non-hydrogen) atoms. The fourth-order valence-corrected chi connectivity index (χ4v) is 4.15. The van der Waals surface area contributed by atoms with Gasteiger partial charge in [0.2, 0.25) is 5.54 Å². The predicted octanol–water partition coefficient (Wildman–Crippen LogP) is 2.76. The maximum atomic E-state index is 12.0. The van der Waals surface area contributed by atoms with Gasteiger partial charge in [-0.15, -0.1) is 0 Å². The minimum absolute atomic E-state index is 0.0300. The van der Waals surface area contributed by atoms with Crippen LogP contribution in [0.1, 0.15) is 49.8 Å². The molecule has 2 aliphatic rings. The second-order valence-electron chi connectivity index (χ2n) is 6.55. The topological polar surface area (TPSA) is 63.4 Å². The van der Waals surface area contributed by atoms with E-state index in [2.05, 4.69) is 11.0 Å². The molecule has 0 radical (unpaired) electrons. The summed E-state index contributed by atoms with van der Waals surface area (Å²) in [6.45, 7) is 3.30. The van der Waals surface area contributed by atoms with E-state index in [1.807, 2.05) is 18.2 Å². The van der Waals surface area contributed by atoms with E-state index in [0.29, 0.717) is 12.8 Å². The quantitative estimate of drug-likeness (QED) is 0.634. The molecule has 5 nitrogen and oxygen atoms in total. The molecule has 0 aromatic heterocycles. The van der Waals surface area contributed by atoms with E-state index >= 15 is 0 Å². The van der Waals surface area contributed by atoms with E-state index in [4.69, 9.17) is 0 Å². The van der Waals surface area contributed by atoms with Crippen molar-refractivity contribution in [2.24, 2.45) is 0 Å². The summed E-state index contributed by atoms with van der Waals surface area (Å²) in [6, 6.07) is 7.88. The van der Waals surface area contributed by atoms with Crippen molar-refractivity contribution < 1.29 is 9.72 Å². The van der Waals surface area contributed by atoms with Gasteiger partial charge < -0.3 is 4.79 Å². The molecule has 0 unspecified atom stereocenters. The minimum Gasteiger partial charge on any atom is -0.300 e. The fourth-order valence-electron chi connectivity index (χ4n) is 4.15. The van der Waals surface area contributed by atoms with Crippen molar-refractivity contribution in [1.29, 1.82) is 0 Å². The first-order valence-electron chi connectivity index (χ1n) is 8.00. The number of fused-ring (bicyclic) bond motifs is 3. The molecule has 0 aliphatic carbocycles. The molecule has 0 N–H and O–H groups in total. The smallest absolute Gasteiger partial charge is 0.242 e. The lowest BCUT2D eigenvalue weighted by atomic mass is 9.72. The van der Waals surface area contributed by atoms with Gasteiger partial charge in [0, 0.05) is 30.7 Å². The summed E-state index contributed by atoms with van der Waals surface area (Å²) < 4.78 is 0. The zero-order valence-corrected chi connectivity index (χ0v) is 13.0. The number of carbonyl (C=O) groups is 1. The maximum Gasteiger partial charge on any atom is 0.242 e. The van der Waals surface area contributed by atoms with Crippen molar-refractivity contribution in [3.63, 3.8) is 0 Å². The average Bonchev–Trinajstić information content (AvgIpc) is 2.52. The molecule has 2 aliphatic heterocycles. The Bertz CT molecular complexity index is 601. The van der Waals surface area contributed by atoms with Crippen LogP contribution in [-0.4, -0.2) is 34.2 Å². The molecule has 1 aromatic rings. The van der Waals surface area contributed by atoms with E-state index < -0.39 is 5.54 Å². The lowest BCUT2D eigenvalue weighted by molar-refractivity contribution is -0.586. The lowest BCUT2D eigenvalue weighted by Gasteiger charge is -2.47. The number of nitro groups is 1. The van der Waals surface area contributed by atoms with Gasteiger partial charge >= 0.3 is 0 Å². The standard InChI is InChI=1S/C17H22N2O3/c1-13(20)7-10-17(19(21)22)9-4-11-18-12-8-14-5-2-3-6-15(14)16(17)18/h2-3,5-6,16H,4,7-12H2,1H3/t16-,17+/m1/s1. The molecule has 1 saturated heterocycles. The van der Waals surface area contributed by atoms with Crippen LogP contribution >= 0.6 is 0 Å². The summed E-state index contributed by atoms with van der Waals surface area (Å²) in [5.41, 5.74) is 1.29. The van der Waals surface area contributed by atoms with Gasteiger partial charge in [-0.25, -0.2) is 0 Å². The van der Waals surface area contributed by atoms with Crippen LogP contribution in [0.5, 0.6) is 0 Å².